The van der Waals surface area contributed by atoms with E-state index in [0.717, 1.165) is 24.0 Å². The lowest BCUT2D eigenvalue weighted by Crippen LogP contribution is -2.54. The first-order valence-electron chi connectivity index (χ1n) is 10.4. The van der Waals surface area contributed by atoms with Crippen molar-refractivity contribution in [3.63, 3.8) is 0 Å². The van der Waals surface area contributed by atoms with Crippen molar-refractivity contribution in [3.8, 4) is 0 Å². The average Bonchev–Trinajstić information content (AvgIpc) is 3.42. The molecule has 4 atom stereocenters. The molecule has 6 nitrogen and oxygen atoms in total. The molecule has 4 heterocycles. The van der Waals surface area contributed by atoms with Gasteiger partial charge in [-0.2, -0.15) is 0 Å². The van der Waals surface area contributed by atoms with Gasteiger partial charge >= 0.3 is 0 Å². The van der Waals surface area contributed by atoms with Crippen LogP contribution >= 0.6 is 23.2 Å². The maximum atomic E-state index is 13.9. The number of carbonyl (C=O) groups is 3. The van der Waals surface area contributed by atoms with Crippen LogP contribution in [-0.2, 0) is 19.9 Å². The Morgan fingerprint density at radius 1 is 1.06 bits per heavy atom. The van der Waals surface area contributed by atoms with Gasteiger partial charge in [0.05, 0.1) is 22.5 Å². The third-order valence-corrected chi connectivity index (χ3v) is 7.84. The van der Waals surface area contributed by atoms with E-state index in [9.17, 15) is 14.4 Å². The normalized spacial score (nSPS) is 31.4. The summed E-state index contributed by atoms with van der Waals surface area (Å²) in [5.74, 6) is -2.27. The molecule has 0 unspecified atom stereocenters. The molecule has 6 rings (SSSR count). The van der Waals surface area contributed by atoms with E-state index in [1.807, 2.05) is 25.1 Å². The first-order valence-corrected chi connectivity index (χ1v) is 11.1. The Morgan fingerprint density at radius 3 is 2.65 bits per heavy atom. The summed E-state index contributed by atoms with van der Waals surface area (Å²) in [6.45, 7) is 2.65. The number of rotatable bonds is 1. The lowest BCUT2D eigenvalue weighted by Gasteiger charge is -2.36. The third-order valence-electron chi connectivity index (χ3n) is 7.30. The van der Waals surface area contributed by atoms with Crippen molar-refractivity contribution in [1.29, 1.82) is 0 Å². The van der Waals surface area contributed by atoms with Gasteiger partial charge in [-0.1, -0.05) is 40.9 Å². The molecular weight excluding hydrogens is 437 g/mol. The molecule has 3 saturated heterocycles. The molecule has 0 aromatic heterocycles. The smallest absolute Gasteiger partial charge is 0.250 e. The lowest BCUT2D eigenvalue weighted by molar-refractivity contribution is -0.135. The number of aryl methyl sites for hydroxylation is 1. The van der Waals surface area contributed by atoms with Gasteiger partial charge in [-0.15, -0.1) is 0 Å². The molecule has 4 aliphatic rings. The molecule has 3 amide bonds. The summed E-state index contributed by atoms with van der Waals surface area (Å²) < 4.78 is 0. The van der Waals surface area contributed by atoms with E-state index in [4.69, 9.17) is 23.2 Å². The van der Waals surface area contributed by atoms with Gasteiger partial charge in [0.15, 0.2) is 0 Å². The molecule has 4 aliphatic heterocycles. The van der Waals surface area contributed by atoms with Gasteiger partial charge in [-0.3, -0.25) is 19.3 Å². The summed E-state index contributed by atoms with van der Waals surface area (Å²) >= 11 is 12.4. The van der Waals surface area contributed by atoms with E-state index in [1.54, 1.807) is 12.1 Å². The van der Waals surface area contributed by atoms with Crippen LogP contribution in [0.2, 0.25) is 10.0 Å². The van der Waals surface area contributed by atoms with Crippen LogP contribution in [0.15, 0.2) is 36.4 Å². The minimum Gasteiger partial charge on any atom is -0.324 e. The lowest BCUT2D eigenvalue weighted by atomic mass is 9.75. The third kappa shape index (κ3) is 2.25. The summed E-state index contributed by atoms with van der Waals surface area (Å²) in [5, 5.41) is 3.64. The highest BCUT2D eigenvalue weighted by Gasteiger charge is 2.74. The molecule has 0 saturated carbocycles. The number of amides is 3. The minimum atomic E-state index is -1.17. The highest BCUT2D eigenvalue weighted by Crippen LogP contribution is 2.61. The largest absolute Gasteiger partial charge is 0.324 e. The first kappa shape index (κ1) is 19.3. The van der Waals surface area contributed by atoms with Crippen molar-refractivity contribution in [2.24, 2.45) is 11.8 Å². The quantitative estimate of drug-likeness (QED) is 0.665. The zero-order valence-electron chi connectivity index (χ0n) is 16.7. The number of fused-ring (bicyclic) bond motifs is 7. The second-order valence-electron chi connectivity index (χ2n) is 8.78. The van der Waals surface area contributed by atoms with Crippen LogP contribution in [0.5, 0.6) is 0 Å². The number of nitrogens with one attached hydrogen (secondary N) is 1. The van der Waals surface area contributed by atoms with Gasteiger partial charge in [-0.05, 0) is 50.6 Å². The van der Waals surface area contributed by atoms with Crippen LogP contribution in [0.4, 0.5) is 11.4 Å². The number of halogens is 2. The first-order chi connectivity index (χ1) is 14.9. The standard InChI is InChI=1S/C23H19Cl2N3O3/c1-11-4-6-15-13(9-11)23(22(31)26-15)19-18(17-3-2-8-27(17)23)20(29)28(21(19)30)16-7-5-12(24)10-14(16)25/h4-7,9-10,17-19H,2-3,8H2,1H3,(H,26,31)/t17-,18+,19+,23-/m1/s1. The van der Waals surface area contributed by atoms with Gasteiger partial charge in [0.25, 0.3) is 0 Å². The van der Waals surface area contributed by atoms with Crippen molar-refractivity contribution < 1.29 is 14.4 Å². The number of carbonyl (C=O) groups excluding carboxylic acids is 3. The molecule has 1 spiro atoms. The Morgan fingerprint density at radius 2 is 1.87 bits per heavy atom. The van der Waals surface area contributed by atoms with E-state index >= 15 is 0 Å². The van der Waals surface area contributed by atoms with Crippen LogP contribution in [0.1, 0.15) is 24.0 Å². The number of hydrogen-bond donors (Lipinski definition) is 1. The number of imide groups is 1. The van der Waals surface area contributed by atoms with E-state index in [-0.39, 0.29) is 28.8 Å². The Hall–Kier alpha value is -2.41. The maximum Gasteiger partial charge on any atom is 0.250 e. The Balaban J connectivity index is 1.57. The fourth-order valence-corrected chi connectivity index (χ4v) is 6.71. The Kier molecular flexibility index (Phi) is 3.93. The molecule has 8 heteroatoms. The topological polar surface area (TPSA) is 69.7 Å². The van der Waals surface area contributed by atoms with Gasteiger partial charge in [0.1, 0.15) is 5.54 Å². The maximum absolute atomic E-state index is 13.9. The predicted octanol–water partition coefficient (Wildman–Crippen LogP) is 3.73. The molecule has 3 fully saturated rings. The second-order valence-corrected chi connectivity index (χ2v) is 9.63. The summed E-state index contributed by atoms with van der Waals surface area (Å²) in [4.78, 5) is 44.4. The van der Waals surface area contributed by atoms with Crippen molar-refractivity contribution in [1.82, 2.24) is 4.90 Å². The molecule has 2 aromatic rings. The highest BCUT2D eigenvalue weighted by molar-refractivity contribution is 6.38. The fourth-order valence-electron chi connectivity index (χ4n) is 6.22. The van der Waals surface area contributed by atoms with Crippen LogP contribution in [0.25, 0.3) is 0 Å². The van der Waals surface area contributed by atoms with Gasteiger partial charge in [-0.25, -0.2) is 4.90 Å². The molecule has 2 aromatic carbocycles. The zero-order valence-corrected chi connectivity index (χ0v) is 18.2. The van der Waals surface area contributed by atoms with Gasteiger partial charge in [0, 0.05) is 22.3 Å². The molecule has 1 N–H and O–H groups in total. The number of benzene rings is 2. The SMILES string of the molecule is Cc1ccc2c(c1)[C@]1(C(=O)N2)[C@@H]2C(=O)N(c3ccc(Cl)cc3Cl)C(=O)[C@H]2[C@H]2CCCN21. The van der Waals surface area contributed by atoms with Crippen molar-refractivity contribution in [2.75, 3.05) is 16.8 Å². The van der Waals surface area contributed by atoms with Crippen LogP contribution in [0.3, 0.4) is 0 Å². The number of anilines is 2. The van der Waals surface area contributed by atoms with Crippen molar-refractivity contribution >= 4 is 52.3 Å². The summed E-state index contributed by atoms with van der Waals surface area (Å²) in [6.07, 6.45) is 1.66. The van der Waals surface area contributed by atoms with E-state index in [2.05, 4.69) is 10.2 Å². The molecule has 0 radical (unpaired) electrons. The van der Waals surface area contributed by atoms with Crippen molar-refractivity contribution in [3.05, 3.63) is 57.6 Å². The fraction of sp³-hybridized carbons (Fsp3) is 0.348. The highest BCUT2D eigenvalue weighted by atomic mass is 35.5. The average molecular weight is 456 g/mol. The molecule has 0 bridgehead atoms. The van der Waals surface area contributed by atoms with E-state index in [0.29, 0.717) is 22.9 Å². The summed E-state index contributed by atoms with van der Waals surface area (Å²) in [7, 11) is 0. The molecule has 31 heavy (non-hydrogen) atoms. The number of nitrogens with zero attached hydrogens (tertiary/aromatic N) is 2. The Labute approximate surface area is 189 Å². The number of hydrogen-bond acceptors (Lipinski definition) is 4. The Bertz CT molecular complexity index is 1200. The second kappa shape index (κ2) is 6.31. The zero-order chi connectivity index (χ0) is 21.7. The molecular formula is C23H19Cl2N3O3. The molecule has 0 aliphatic carbocycles. The van der Waals surface area contributed by atoms with E-state index in [1.165, 1.54) is 11.0 Å². The summed E-state index contributed by atoms with van der Waals surface area (Å²) in [6, 6.07) is 10.4. The van der Waals surface area contributed by atoms with Crippen LogP contribution < -0.4 is 10.2 Å². The predicted molar refractivity (Wildman–Crippen MR) is 117 cm³/mol. The summed E-state index contributed by atoms with van der Waals surface area (Å²) in [5.41, 5.74) is 1.65. The van der Waals surface area contributed by atoms with E-state index < -0.39 is 17.4 Å². The van der Waals surface area contributed by atoms with Gasteiger partial charge in [0.2, 0.25) is 17.7 Å². The minimum absolute atomic E-state index is 0.158. The van der Waals surface area contributed by atoms with Crippen LogP contribution in [-0.4, -0.2) is 35.2 Å². The van der Waals surface area contributed by atoms with Crippen molar-refractivity contribution in [2.45, 2.75) is 31.3 Å². The van der Waals surface area contributed by atoms with Gasteiger partial charge < -0.3 is 5.32 Å². The monoisotopic (exact) mass is 455 g/mol. The molecule has 158 valence electrons. The van der Waals surface area contributed by atoms with Crippen LogP contribution in [0, 0.1) is 18.8 Å².